The Hall–Kier alpha value is -4.95. The van der Waals surface area contributed by atoms with E-state index in [9.17, 15) is 5.26 Å². The first-order valence-electron chi connectivity index (χ1n) is 14.6. The minimum Gasteiger partial charge on any atom is -0.192 e. The fourth-order valence-corrected chi connectivity index (χ4v) is 10.7. The molecule has 2 aliphatic rings. The molecule has 0 aliphatic carbocycles. The maximum absolute atomic E-state index is 10.2. The first-order chi connectivity index (χ1) is 21.3. The van der Waals surface area contributed by atoms with Crippen molar-refractivity contribution < 1.29 is 0 Å². The molecule has 2 aliphatic heterocycles. The van der Waals surface area contributed by atoms with Crippen LogP contribution in [0.25, 0.3) is 84.1 Å². The highest BCUT2D eigenvalue weighted by atomic mass is 32.1. The molecule has 0 radical (unpaired) electrons. The van der Waals surface area contributed by atoms with Crippen LogP contribution in [-0.4, -0.2) is 6.71 Å². The molecule has 0 unspecified atom stereocenters. The lowest BCUT2D eigenvalue weighted by atomic mass is 9.31. The zero-order valence-electron chi connectivity index (χ0n) is 22.7. The fourth-order valence-electron chi connectivity index (χ4n) is 8.32. The second kappa shape index (κ2) is 7.71. The molecule has 0 saturated carbocycles. The van der Waals surface area contributed by atoms with Crippen LogP contribution in [0.4, 0.5) is 0 Å². The molecule has 43 heavy (non-hydrogen) atoms. The van der Waals surface area contributed by atoms with Crippen molar-refractivity contribution in [3.05, 3.63) is 115 Å². The summed E-state index contributed by atoms with van der Waals surface area (Å²) < 4.78 is 5.34. The summed E-state index contributed by atoms with van der Waals surface area (Å²) in [5.41, 5.74) is 9.74. The predicted molar refractivity (Wildman–Crippen MR) is 187 cm³/mol. The molecule has 0 fully saturated rings. The van der Waals surface area contributed by atoms with Crippen molar-refractivity contribution in [3.8, 4) is 28.3 Å². The van der Waals surface area contributed by atoms with Gasteiger partial charge >= 0.3 is 0 Å². The topological polar surface area (TPSA) is 23.8 Å². The van der Waals surface area contributed by atoms with Crippen LogP contribution in [0.5, 0.6) is 0 Å². The summed E-state index contributed by atoms with van der Waals surface area (Å²) in [4.78, 5) is 0. The van der Waals surface area contributed by atoms with Gasteiger partial charge in [-0.15, -0.1) is 22.7 Å². The van der Waals surface area contributed by atoms with Gasteiger partial charge in [-0.05, 0) is 80.2 Å². The summed E-state index contributed by atoms with van der Waals surface area (Å²) >= 11 is 3.80. The van der Waals surface area contributed by atoms with E-state index in [2.05, 4.69) is 115 Å². The van der Waals surface area contributed by atoms with Gasteiger partial charge < -0.3 is 0 Å². The molecule has 4 heterocycles. The zero-order chi connectivity index (χ0) is 28.0. The van der Waals surface area contributed by atoms with Crippen molar-refractivity contribution in [1.29, 1.82) is 5.26 Å². The van der Waals surface area contributed by atoms with Crippen LogP contribution in [0.3, 0.4) is 0 Å². The first kappa shape index (κ1) is 22.6. The van der Waals surface area contributed by atoms with Crippen LogP contribution in [0.1, 0.15) is 5.56 Å². The van der Waals surface area contributed by atoms with E-state index in [0.717, 1.165) is 5.56 Å². The van der Waals surface area contributed by atoms with E-state index in [0.29, 0.717) is 0 Å². The Bertz CT molecular complexity index is 2630. The summed E-state index contributed by atoms with van der Waals surface area (Å²) in [6.07, 6.45) is 0. The van der Waals surface area contributed by atoms with E-state index >= 15 is 0 Å². The van der Waals surface area contributed by atoms with Crippen molar-refractivity contribution in [2.24, 2.45) is 0 Å². The third kappa shape index (κ3) is 2.65. The Kier molecular flexibility index (Phi) is 4.06. The van der Waals surface area contributed by atoms with Crippen LogP contribution in [0.2, 0.25) is 0 Å². The molecule has 194 valence electrons. The number of benzene rings is 7. The summed E-state index contributed by atoms with van der Waals surface area (Å²) in [7, 11) is 0. The maximum Gasteiger partial charge on any atom is 0.244 e. The average molecular weight is 576 g/mol. The van der Waals surface area contributed by atoms with Crippen molar-refractivity contribution in [2.45, 2.75) is 0 Å². The highest BCUT2D eigenvalue weighted by Crippen LogP contribution is 2.46. The number of hydrogen-bond acceptors (Lipinski definition) is 3. The maximum atomic E-state index is 10.2. The summed E-state index contributed by atoms with van der Waals surface area (Å²) in [5, 5.41) is 20.9. The molecule has 7 aromatic carbocycles. The van der Waals surface area contributed by atoms with Crippen molar-refractivity contribution in [1.82, 2.24) is 0 Å². The number of nitrogens with zero attached hydrogens (tertiary/aromatic N) is 1. The number of nitriles is 1. The summed E-state index contributed by atoms with van der Waals surface area (Å²) in [6.45, 7) is 0.0942. The van der Waals surface area contributed by atoms with E-state index < -0.39 is 0 Å². The monoisotopic (exact) mass is 575 g/mol. The van der Waals surface area contributed by atoms with Crippen molar-refractivity contribution >= 4 is 108 Å². The molecular weight excluding hydrogens is 557 g/mol. The third-order valence-corrected chi connectivity index (χ3v) is 12.1. The lowest BCUT2D eigenvalue weighted by Crippen LogP contribution is -2.57. The molecule has 2 aromatic heterocycles. The number of rotatable bonds is 0. The van der Waals surface area contributed by atoms with Crippen molar-refractivity contribution in [3.63, 3.8) is 0 Å². The Morgan fingerprint density at radius 1 is 0.465 bits per heavy atom. The van der Waals surface area contributed by atoms with E-state index in [1.165, 1.54) is 101 Å². The van der Waals surface area contributed by atoms with Gasteiger partial charge in [0.15, 0.2) is 0 Å². The normalized spacial score (nSPS) is 13.0. The van der Waals surface area contributed by atoms with Gasteiger partial charge in [0.05, 0.1) is 11.6 Å². The second-order valence-corrected chi connectivity index (χ2v) is 14.0. The molecule has 0 atom stereocenters. The summed E-state index contributed by atoms with van der Waals surface area (Å²) in [6, 6.07) is 43.0. The van der Waals surface area contributed by atoms with Crippen molar-refractivity contribution in [2.75, 3.05) is 0 Å². The smallest absolute Gasteiger partial charge is 0.192 e. The highest BCUT2D eigenvalue weighted by Gasteiger charge is 2.40. The first-order valence-corrected chi connectivity index (χ1v) is 16.2. The second-order valence-electron chi connectivity index (χ2n) is 11.9. The average Bonchev–Trinajstić information content (AvgIpc) is 3.62. The highest BCUT2D eigenvalue weighted by molar-refractivity contribution is 7.26. The predicted octanol–water partition coefficient (Wildman–Crippen LogP) is 9.08. The van der Waals surface area contributed by atoms with E-state index in [-0.39, 0.29) is 6.71 Å². The Balaban J connectivity index is 1.40. The minimum atomic E-state index is 0.0942. The van der Waals surface area contributed by atoms with Gasteiger partial charge in [-0.3, -0.25) is 0 Å². The minimum absolute atomic E-state index is 0.0942. The van der Waals surface area contributed by atoms with Gasteiger partial charge in [0.1, 0.15) is 0 Å². The molecule has 0 saturated heterocycles. The van der Waals surface area contributed by atoms with Gasteiger partial charge in [-0.1, -0.05) is 89.2 Å². The molecule has 1 nitrogen and oxygen atoms in total. The lowest BCUT2D eigenvalue weighted by molar-refractivity contribution is 1.49. The molecule has 0 amide bonds. The summed E-state index contributed by atoms with van der Waals surface area (Å²) in [5.74, 6) is 0. The van der Waals surface area contributed by atoms with Crippen LogP contribution >= 0.6 is 22.7 Å². The molecule has 0 N–H and O–H groups in total. The van der Waals surface area contributed by atoms with E-state index in [1.54, 1.807) is 0 Å². The van der Waals surface area contributed by atoms with Crippen LogP contribution < -0.4 is 16.4 Å². The van der Waals surface area contributed by atoms with Crippen LogP contribution in [-0.2, 0) is 0 Å². The molecule has 0 spiro atoms. The van der Waals surface area contributed by atoms with Gasteiger partial charge in [0.25, 0.3) is 0 Å². The number of hydrogen-bond donors (Lipinski definition) is 0. The Morgan fingerprint density at radius 2 is 0.953 bits per heavy atom. The van der Waals surface area contributed by atoms with Gasteiger partial charge in [-0.25, -0.2) is 0 Å². The molecular formula is C39H18BNS2. The van der Waals surface area contributed by atoms with Crippen LogP contribution in [0, 0.1) is 11.3 Å². The Labute approximate surface area is 254 Å². The lowest BCUT2D eigenvalue weighted by Gasteiger charge is -2.34. The third-order valence-electron chi connectivity index (χ3n) is 9.86. The largest absolute Gasteiger partial charge is 0.244 e. The van der Waals surface area contributed by atoms with E-state index in [1.807, 2.05) is 22.7 Å². The quantitative estimate of drug-likeness (QED) is 0.166. The number of thiophene rings is 2. The zero-order valence-corrected chi connectivity index (χ0v) is 24.4. The Morgan fingerprint density at radius 3 is 1.47 bits per heavy atom. The molecule has 4 heteroatoms. The molecule has 9 aromatic rings. The standard InChI is InChI=1S/C39H18BNS2/c41-19-20-15-27-21-9-5-11-25-35(21)29(17-33-37(25)23-7-1-3-13-31(23)42-33)40-30-18-34-38(24-8-2-4-14-32(24)43-34)26-12-6-10-22(36(26)30)28(16-20)39(27)40/h1-18H. The van der Waals surface area contributed by atoms with Gasteiger partial charge in [0.2, 0.25) is 6.71 Å². The molecule has 0 bridgehead atoms. The molecule has 11 rings (SSSR count). The van der Waals surface area contributed by atoms with E-state index in [4.69, 9.17) is 0 Å². The SMILES string of the molecule is N#Cc1cc2c3c(c1)-c1cccc4c1c(cc1sc5ccccc5c14)B3c1cc3sc4ccccc4c3c3cccc-2c13. The number of fused-ring (bicyclic) bond motifs is 12. The fraction of sp³-hybridized carbons (Fsp3) is 0. The van der Waals surface area contributed by atoms with Gasteiger partial charge in [0, 0.05) is 40.3 Å². The van der Waals surface area contributed by atoms with Crippen LogP contribution in [0.15, 0.2) is 109 Å². The van der Waals surface area contributed by atoms with Gasteiger partial charge in [-0.2, -0.15) is 5.26 Å².